The summed E-state index contributed by atoms with van der Waals surface area (Å²) >= 11 is 0. The molecule has 0 radical (unpaired) electrons. The number of benzene rings is 3. The van der Waals surface area contributed by atoms with Crippen molar-refractivity contribution in [3.8, 4) is 17.2 Å². The predicted molar refractivity (Wildman–Crippen MR) is 145 cm³/mol. The molecular weight excluding hydrogens is 537 g/mol. The quantitative estimate of drug-likeness (QED) is 0.123. The van der Waals surface area contributed by atoms with Gasteiger partial charge in [-0.1, -0.05) is 30.3 Å². The van der Waals surface area contributed by atoms with Crippen LogP contribution in [0.25, 0.3) is 11.5 Å². The number of aromatic nitrogens is 1. The van der Waals surface area contributed by atoms with Crippen molar-refractivity contribution < 1.29 is 37.0 Å². The lowest BCUT2D eigenvalue weighted by Gasteiger charge is -2.16. The highest BCUT2D eigenvalue weighted by Crippen LogP contribution is 2.22. The van der Waals surface area contributed by atoms with Crippen molar-refractivity contribution in [3.63, 3.8) is 0 Å². The van der Waals surface area contributed by atoms with Crippen LogP contribution >= 0.6 is 0 Å². The van der Waals surface area contributed by atoms with Crippen molar-refractivity contribution in [1.82, 2.24) is 10.3 Å². The van der Waals surface area contributed by atoms with Crippen LogP contribution < -0.4 is 10.1 Å². The zero-order valence-electron chi connectivity index (χ0n) is 22.3. The van der Waals surface area contributed by atoms with E-state index in [9.17, 15) is 27.9 Å². The van der Waals surface area contributed by atoms with Crippen molar-refractivity contribution >= 4 is 11.8 Å². The Morgan fingerprint density at radius 3 is 2.39 bits per heavy atom. The number of allylic oxidation sites excluding steroid dienone is 2. The Morgan fingerprint density at radius 2 is 1.71 bits per heavy atom. The molecule has 0 fully saturated rings. The van der Waals surface area contributed by atoms with Crippen LogP contribution in [0.5, 0.6) is 5.75 Å². The van der Waals surface area contributed by atoms with Gasteiger partial charge in [0.05, 0.1) is 17.9 Å². The maximum Gasteiger partial charge on any atom is 0.326 e. The zero-order chi connectivity index (χ0) is 29.5. The van der Waals surface area contributed by atoms with Gasteiger partial charge in [0.15, 0.2) is 17.4 Å². The molecule has 0 unspecified atom stereocenters. The third kappa shape index (κ3) is 7.63. The monoisotopic (exact) mass is 564 g/mol. The molecule has 0 saturated carbocycles. The number of hydrogen-bond acceptors (Lipinski definition) is 6. The summed E-state index contributed by atoms with van der Waals surface area (Å²) in [5, 5.41) is 12.4. The summed E-state index contributed by atoms with van der Waals surface area (Å²) in [5.41, 5.74) is 1.82. The second-order valence-electron chi connectivity index (χ2n) is 9.31. The Balaban J connectivity index is 1.32. The molecule has 10 heteroatoms. The van der Waals surface area contributed by atoms with E-state index >= 15 is 0 Å². The second-order valence-corrected chi connectivity index (χ2v) is 9.31. The molecule has 0 saturated heterocycles. The first-order valence-electron chi connectivity index (χ1n) is 12.7. The Morgan fingerprint density at radius 1 is 1.02 bits per heavy atom. The predicted octanol–water partition coefficient (Wildman–Crippen LogP) is 6.06. The lowest BCUT2D eigenvalue weighted by molar-refractivity contribution is -0.139. The molecule has 212 valence electrons. The van der Waals surface area contributed by atoms with Crippen molar-refractivity contribution in [2.45, 2.75) is 32.7 Å². The number of carbonyl (C=O) groups excluding carboxylic acids is 1. The minimum atomic E-state index is -1.41. The SMILES string of the molecule is CC(=CC(=O)c1cc(F)c(F)cc1F)N[C@@H](Cc1ccc(OCCc2nc(-c3ccccc3)oc2C)cc1)C(=O)O. The highest BCUT2D eigenvalue weighted by atomic mass is 19.2. The number of rotatable bonds is 12. The molecule has 7 nitrogen and oxygen atoms in total. The van der Waals surface area contributed by atoms with E-state index < -0.39 is 40.8 Å². The fraction of sp³-hybridized carbons (Fsp3) is 0.194. The van der Waals surface area contributed by atoms with E-state index in [0.29, 0.717) is 36.3 Å². The lowest BCUT2D eigenvalue weighted by atomic mass is 10.0. The summed E-state index contributed by atoms with van der Waals surface area (Å²) < 4.78 is 52.1. The molecule has 3 aromatic carbocycles. The number of nitrogens with zero attached hydrogens (tertiary/aromatic N) is 1. The normalized spacial score (nSPS) is 12.2. The number of hydrogen-bond donors (Lipinski definition) is 2. The van der Waals surface area contributed by atoms with Crippen LogP contribution in [0.15, 0.2) is 82.9 Å². The standard InChI is InChI=1S/C31H27F3N2O5/c1-18(14-29(37)23-16-25(33)26(34)17-24(23)32)35-28(31(38)39)15-20-8-10-22(11-9-20)40-13-12-27-19(2)41-30(36-27)21-6-4-3-5-7-21/h3-11,14,16-17,28,35H,12-13,15H2,1-2H3,(H,38,39)/t28-/m0/s1. The summed E-state index contributed by atoms with van der Waals surface area (Å²) in [6.45, 7) is 3.63. The largest absolute Gasteiger partial charge is 0.493 e. The van der Waals surface area contributed by atoms with E-state index in [0.717, 1.165) is 23.1 Å². The summed E-state index contributed by atoms with van der Waals surface area (Å²) in [7, 11) is 0. The number of ether oxygens (including phenoxy) is 1. The molecule has 0 spiro atoms. The maximum atomic E-state index is 13.9. The van der Waals surface area contributed by atoms with Crippen LogP contribution in [-0.4, -0.2) is 34.5 Å². The maximum absolute atomic E-state index is 13.9. The molecule has 0 bridgehead atoms. The van der Waals surface area contributed by atoms with Crippen LogP contribution in [0, 0.1) is 24.4 Å². The Labute approximate surface area is 234 Å². The first-order chi connectivity index (χ1) is 19.6. The molecule has 0 aliphatic carbocycles. The van der Waals surface area contributed by atoms with Gasteiger partial charge in [0.2, 0.25) is 5.89 Å². The van der Waals surface area contributed by atoms with Crippen molar-refractivity contribution in [3.05, 3.63) is 119 Å². The average molecular weight is 565 g/mol. The van der Waals surface area contributed by atoms with Gasteiger partial charge >= 0.3 is 5.97 Å². The van der Waals surface area contributed by atoms with Gasteiger partial charge in [0.1, 0.15) is 23.4 Å². The van der Waals surface area contributed by atoms with E-state index in [2.05, 4.69) is 10.3 Å². The molecule has 1 atom stereocenters. The molecular formula is C31H27F3N2O5. The van der Waals surface area contributed by atoms with Gasteiger partial charge in [-0.25, -0.2) is 22.9 Å². The number of carboxylic acid groups (broad SMARTS) is 1. The van der Waals surface area contributed by atoms with Crippen LogP contribution in [0.2, 0.25) is 0 Å². The topological polar surface area (TPSA) is 102 Å². The minimum absolute atomic E-state index is 0.0644. The fourth-order valence-electron chi connectivity index (χ4n) is 4.09. The smallest absolute Gasteiger partial charge is 0.326 e. The Hall–Kier alpha value is -4.86. The van der Waals surface area contributed by atoms with E-state index in [1.807, 2.05) is 37.3 Å². The summed E-state index contributed by atoms with van der Waals surface area (Å²) in [6.07, 6.45) is 1.53. The highest BCUT2D eigenvalue weighted by Gasteiger charge is 2.20. The second kappa shape index (κ2) is 13.0. The number of carbonyl (C=O) groups is 2. The molecule has 1 heterocycles. The van der Waals surface area contributed by atoms with E-state index in [4.69, 9.17) is 9.15 Å². The van der Waals surface area contributed by atoms with Gasteiger partial charge in [-0.05, 0) is 49.7 Å². The van der Waals surface area contributed by atoms with Crippen LogP contribution in [0.1, 0.15) is 34.3 Å². The Kier molecular flexibility index (Phi) is 9.23. The number of halogens is 3. The van der Waals surface area contributed by atoms with Crippen molar-refractivity contribution in [2.24, 2.45) is 0 Å². The number of aryl methyl sites for hydroxylation is 1. The minimum Gasteiger partial charge on any atom is -0.493 e. The number of carboxylic acids is 1. The lowest BCUT2D eigenvalue weighted by Crippen LogP contribution is -2.37. The molecule has 4 rings (SSSR count). The van der Waals surface area contributed by atoms with Gasteiger partial charge in [-0.3, -0.25) is 4.79 Å². The molecule has 4 aromatic rings. The van der Waals surface area contributed by atoms with Crippen LogP contribution in [-0.2, 0) is 17.6 Å². The zero-order valence-corrected chi connectivity index (χ0v) is 22.3. The van der Waals surface area contributed by atoms with E-state index in [-0.39, 0.29) is 18.2 Å². The molecule has 0 aliphatic heterocycles. The third-order valence-electron chi connectivity index (χ3n) is 6.21. The van der Waals surface area contributed by atoms with Gasteiger partial charge in [-0.2, -0.15) is 0 Å². The van der Waals surface area contributed by atoms with E-state index in [1.165, 1.54) is 6.92 Å². The van der Waals surface area contributed by atoms with Crippen LogP contribution in [0.3, 0.4) is 0 Å². The summed E-state index contributed by atoms with van der Waals surface area (Å²) in [6, 6.07) is 16.1. The number of oxazole rings is 1. The number of aliphatic carboxylic acids is 1. The van der Waals surface area contributed by atoms with Gasteiger partial charge < -0.3 is 19.6 Å². The first-order valence-corrected chi connectivity index (χ1v) is 12.7. The molecule has 2 N–H and O–H groups in total. The summed E-state index contributed by atoms with van der Waals surface area (Å²) in [4.78, 5) is 28.7. The number of nitrogens with one attached hydrogen (secondary N) is 1. The van der Waals surface area contributed by atoms with Gasteiger partial charge in [0.25, 0.3) is 0 Å². The Bertz CT molecular complexity index is 1570. The number of ketones is 1. The van der Waals surface area contributed by atoms with Crippen molar-refractivity contribution in [2.75, 3.05) is 6.61 Å². The fourth-order valence-corrected chi connectivity index (χ4v) is 4.09. The molecule has 1 aromatic heterocycles. The van der Waals surface area contributed by atoms with Gasteiger partial charge in [0, 0.05) is 36.2 Å². The first kappa shape index (κ1) is 29.1. The molecule has 0 aliphatic rings. The van der Waals surface area contributed by atoms with E-state index in [1.54, 1.807) is 24.3 Å². The van der Waals surface area contributed by atoms with Gasteiger partial charge in [-0.15, -0.1) is 0 Å². The average Bonchev–Trinajstić information content (AvgIpc) is 3.31. The van der Waals surface area contributed by atoms with Crippen LogP contribution in [0.4, 0.5) is 13.2 Å². The van der Waals surface area contributed by atoms with Crippen molar-refractivity contribution in [1.29, 1.82) is 0 Å². The molecule has 41 heavy (non-hydrogen) atoms. The third-order valence-corrected chi connectivity index (χ3v) is 6.21. The summed E-state index contributed by atoms with van der Waals surface area (Å²) in [5.74, 6) is -4.25. The molecule has 0 amide bonds. The highest BCUT2D eigenvalue weighted by molar-refractivity contribution is 6.05.